The molecule has 0 aliphatic carbocycles. The van der Waals surface area contributed by atoms with Gasteiger partial charge in [0.25, 0.3) is 11.6 Å². The van der Waals surface area contributed by atoms with Gasteiger partial charge < -0.3 is 10.1 Å². The lowest BCUT2D eigenvalue weighted by Crippen LogP contribution is -2.26. The van der Waals surface area contributed by atoms with Crippen LogP contribution in [0.4, 0.5) is 13.2 Å². The van der Waals surface area contributed by atoms with Crippen LogP contribution in [0.3, 0.4) is 0 Å². The zero-order valence-electron chi connectivity index (χ0n) is 17.3. The summed E-state index contributed by atoms with van der Waals surface area (Å²) in [6.07, 6.45) is -2.75. The van der Waals surface area contributed by atoms with Crippen LogP contribution in [-0.4, -0.2) is 37.1 Å². The summed E-state index contributed by atoms with van der Waals surface area (Å²) in [5.74, 6) is -2.48. The van der Waals surface area contributed by atoms with Gasteiger partial charge >= 0.3 is 12.1 Å². The molecule has 4 rings (SSSR count). The van der Waals surface area contributed by atoms with Crippen molar-refractivity contribution in [2.75, 3.05) is 0 Å². The lowest BCUT2D eigenvalue weighted by molar-refractivity contribution is -0.149. The summed E-state index contributed by atoms with van der Waals surface area (Å²) in [5.41, 5.74) is 1.25. The largest absolute Gasteiger partial charge is 0.459 e. The van der Waals surface area contributed by atoms with Gasteiger partial charge in [-0.1, -0.05) is 24.3 Å². The third-order valence-corrected chi connectivity index (χ3v) is 5.11. The van der Waals surface area contributed by atoms with Gasteiger partial charge in [0.15, 0.2) is 0 Å². The molecule has 1 amide bonds. The number of aromatic nitrogens is 4. The number of carbonyl (C=O) groups excluding carboxylic acids is 2. The number of carbonyl (C=O) groups is 2. The van der Waals surface area contributed by atoms with Crippen molar-refractivity contribution in [3.05, 3.63) is 47.9 Å². The fourth-order valence-corrected chi connectivity index (χ4v) is 3.65. The van der Waals surface area contributed by atoms with E-state index in [0.29, 0.717) is 17.7 Å². The molecule has 32 heavy (non-hydrogen) atoms. The van der Waals surface area contributed by atoms with E-state index in [9.17, 15) is 22.8 Å². The molecule has 3 aromatic rings. The minimum atomic E-state index is -4.67. The van der Waals surface area contributed by atoms with E-state index in [4.69, 9.17) is 4.74 Å². The molecule has 1 N–H and O–H groups in total. The van der Waals surface area contributed by atoms with Gasteiger partial charge in [-0.25, -0.2) is 4.98 Å². The number of hydrogen-bond acceptors (Lipinski definition) is 6. The summed E-state index contributed by atoms with van der Waals surface area (Å²) in [6.45, 7) is 3.87. The molecule has 1 aliphatic heterocycles. The highest BCUT2D eigenvalue weighted by Crippen LogP contribution is 2.32. The molecule has 1 saturated heterocycles. The second kappa shape index (κ2) is 7.88. The first kappa shape index (κ1) is 21.7. The Morgan fingerprint density at radius 1 is 1.25 bits per heavy atom. The lowest BCUT2D eigenvalue weighted by atomic mass is 9.94. The fraction of sp³-hybridized carbons (Fsp3) is 0.381. The molecule has 1 unspecified atom stereocenters. The number of cyclic esters (lactones) is 1. The smallest absolute Gasteiger partial charge is 0.453 e. The van der Waals surface area contributed by atoms with E-state index in [0.717, 1.165) is 10.1 Å². The number of rotatable bonds is 5. The molecule has 1 atom stereocenters. The number of hydrogen-bond donors (Lipinski definition) is 1. The predicted octanol–water partition coefficient (Wildman–Crippen LogP) is 3.16. The van der Waals surface area contributed by atoms with Crippen molar-refractivity contribution in [3.8, 4) is 11.3 Å². The van der Waals surface area contributed by atoms with Crippen LogP contribution in [0, 0.1) is 5.92 Å². The number of esters is 1. The maximum atomic E-state index is 12.9. The first-order valence-corrected chi connectivity index (χ1v) is 9.90. The molecule has 0 bridgehead atoms. The molecule has 0 radical (unpaired) electrons. The Labute approximate surface area is 180 Å². The maximum Gasteiger partial charge on any atom is 0.453 e. The van der Waals surface area contributed by atoms with Gasteiger partial charge in [0.1, 0.15) is 5.60 Å². The van der Waals surface area contributed by atoms with E-state index in [1.54, 1.807) is 30.3 Å². The SMILES string of the molecule is CC1(C)CC(CC(=O)NCc2ccc(-c3ccnc4nc(C(F)(F)F)nn34)cc2)C(=O)O1. The third kappa shape index (κ3) is 4.56. The summed E-state index contributed by atoms with van der Waals surface area (Å²) in [7, 11) is 0. The summed E-state index contributed by atoms with van der Waals surface area (Å²) < 4.78 is 45.0. The average Bonchev–Trinajstić information content (AvgIpc) is 3.26. The first-order chi connectivity index (χ1) is 15.0. The second-order valence-electron chi connectivity index (χ2n) is 8.23. The minimum Gasteiger partial charge on any atom is -0.459 e. The zero-order chi connectivity index (χ0) is 23.1. The van der Waals surface area contributed by atoms with Crippen molar-refractivity contribution in [2.45, 2.75) is 45.0 Å². The van der Waals surface area contributed by atoms with E-state index in [1.807, 2.05) is 13.8 Å². The van der Waals surface area contributed by atoms with Crippen LogP contribution in [0.15, 0.2) is 36.5 Å². The number of amides is 1. The van der Waals surface area contributed by atoms with Crippen LogP contribution in [0.25, 0.3) is 17.0 Å². The highest BCUT2D eigenvalue weighted by Gasteiger charge is 2.40. The van der Waals surface area contributed by atoms with E-state index in [1.165, 1.54) is 6.20 Å². The van der Waals surface area contributed by atoms with Crippen molar-refractivity contribution < 1.29 is 27.5 Å². The van der Waals surface area contributed by atoms with Gasteiger partial charge in [0.2, 0.25) is 5.91 Å². The number of nitrogens with zero attached hydrogens (tertiary/aromatic N) is 4. The number of alkyl halides is 3. The van der Waals surface area contributed by atoms with Crippen molar-refractivity contribution in [2.24, 2.45) is 5.92 Å². The first-order valence-electron chi connectivity index (χ1n) is 9.90. The Morgan fingerprint density at radius 2 is 1.97 bits per heavy atom. The number of ether oxygens (including phenoxy) is 1. The Morgan fingerprint density at radius 3 is 2.59 bits per heavy atom. The van der Waals surface area contributed by atoms with Crippen LogP contribution in [0.5, 0.6) is 0 Å². The molecule has 11 heteroatoms. The molecule has 0 saturated carbocycles. The van der Waals surface area contributed by atoms with Gasteiger partial charge in [0, 0.05) is 31.1 Å². The van der Waals surface area contributed by atoms with Gasteiger partial charge in [-0.05, 0) is 25.5 Å². The molecule has 1 aromatic carbocycles. The molecule has 8 nitrogen and oxygen atoms in total. The van der Waals surface area contributed by atoms with Crippen LogP contribution < -0.4 is 5.32 Å². The summed E-state index contributed by atoms with van der Waals surface area (Å²) >= 11 is 0. The van der Waals surface area contributed by atoms with Crippen molar-refractivity contribution in [3.63, 3.8) is 0 Å². The molecule has 1 aliphatic rings. The van der Waals surface area contributed by atoms with Gasteiger partial charge in [-0.15, -0.1) is 5.10 Å². The highest BCUT2D eigenvalue weighted by molar-refractivity contribution is 5.84. The molecule has 1 fully saturated rings. The number of benzene rings is 1. The normalized spacial score (nSPS) is 18.0. The van der Waals surface area contributed by atoms with E-state index >= 15 is 0 Å². The van der Waals surface area contributed by atoms with Crippen LogP contribution in [0.2, 0.25) is 0 Å². The maximum absolute atomic E-state index is 12.9. The van der Waals surface area contributed by atoms with Crippen molar-refractivity contribution in [1.29, 1.82) is 0 Å². The van der Waals surface area contributed by atoms with E-state index < -0.39 is 23.5 Å². The number of fused-ring (bicyclic) bond motifs is 1. The van der Waals surface area contributed by atoms with Gasteiger partial charge in [-0.3, -0.25) is 9.59 Å². The number of nitrogens with one attached hydrogen (secondary N) is 1. The Hall–Kier alpha value is -3.50. The average molecular weight is 447 g/mol. The van der Waals surface area contributed by atoms with Crippen molar-refractivity contribution >= 4 is 17.7 Å². The Balaban J connectivity index is 1.42. The summed E-state index contributed by atoms with van der Waals surface area (Å²) in [6, 6.07) is 8.46. The molecule has 168 valence electrons. The van der Waals surface area contributed by atoms with Crippen LogP contribution >= 0.6 is 0 Å². The fourth-order valence-electron chi connectivity index (χ4n) is 3.65. The molecule has 2 aromatic heterocycles. The minimum absolute atomic E-state index is 0.0587. The van der Waals surface area contributed by atoms with Gasteiger partial charge in [0.05, 0.1) is 11.6 Å². The topological polar surface area (TPSA) is 98.5 Å². The van der Waals surface area contributed by atoms with Crippen LogP contribution in [-0.2, 0) is 27.0 Å². The lowest BCUT2D eigenvalue weighted by Gasteiger charge is -2.14. The summed E-state index contributed by atoms with van der Waals surface area (Å²) in [4.78, 5) is 31.3. The standard InChI is InChI=1S/C21H20F3N5O3/c1-20(2)10-14(17(31)32-20)9-16(30)26-11-12-3-5-13(6-4-12)15-7-8-25-19-27-18(21(22,23)24)28-29(15)19/h3-8,14H,9-11H2,1-2H3,(H,26,30). The highest BCUT2D eigenvalue weighted by atomic mass is 19.4. The quantitative estimate of drug-likeness (QED) is 0.604. The number of halogens is 3. The predicted molar refractivity (Wildman–Crippen MR) is 106 cm³/mol. The Bertz CT molecular complexity index is 1170. The molecular formula is C21H20F3N5O3. The monoisotopic (exact) mass is 447 g/mol. The van der Waals surface area contributed by atoms with Crippen molar-refractivity contribution in [1.82, 2.24) is 24.9 Å². The third-order valence-electron chi connectivity index (χ3n) is 5.11. The van der Waals surface area contributed by atoms with E-state index in [-0.39, 0.29) is 30.6 Å². The van der Waals surface area contributed by atoms with E-state index in [2.05, 4.69) is 20.4 Å². The molecular weight excluding hydrogens is 427 g/mol. The van der Waals surface area contributed by atoms with Gasteiger partial charge in [-0.2, -0.15) is 22.7 Å². The molecule has 0 spiro atoms. The molecule has 3 heterocycles. The second-order valence-corrected chi connectivity index (χ2v) is 8.23. The van der Waals surface area contributed by atoms with Crippen LogP contribution in [0.1, 0.15) is 38.1 Å². The zero-order valence-corrected chi connectivity index (χ0v) is 17.3. The summed E-state index contributed by atoms with van der Waals surface area (Å²) in [5, 5.41) is 6.30. The Kier molecular flexibility index (Phi) is 5.35.